The fourth-order valence-electron chi connectivity index (χ4n) is 3.39. The van der Waals surface area contributed by atoms with Crippen molar-refractivity contribution in [1.29, 1.82) is 15.8 Å². The fraction of sp³-hybridized carbons (Fsp3) is 0.0909. The van der Waals surface area contributed by atoms with Crippen LogP contribution in [0.5, 0.6) is 0 Å². The molecule has 0 amide bonds. The van der Waals surface area contributed by atoms with Crippen LogP contribution in [0, 0.1) is 47.8 Å². The fourth-order valence-corrected chi connectivity index (χ4v) is 3.39. The molecule has 0 bridgehead atoms. The highest BCUT2D eigenvalue weighted by molar-refractivity contribution is 5.64. The van der Waals surface area contributed by atoms with Crippen molar-refractivity contribution in [3.8, 4) is 18.2 Å². The van der Waals surface area contributed by atoms with Crippen molar-refractivity contribution in [1.82, 2.24) is 29.2 Å². The van der Waals surface area contributed by atoms with Crippen LogP contribution >= 0.6 is 0 Å². The minimum Gasteiger partial charge on any atom is -0.305 e. The molecule has 0 unspecified atom stereocenters. The molecule has 4 heterocycles. The zero-order chi connectivity index (χ0) is 24.6. The number of hydrogen-bond acceptors (Lipinski definition) is 8. The number of hydrogen-bond donors (Lipinski definition) is 2. The largest absolute Gasteiger partial charge is 0.305 e. The molecule has 0 aliphatic heterocycles. The summed E-state index contributed by atoms with van der Waals surface area (Å²) in [6, 6.07) is 5.70. The van der Waals surface area contributed by atoms with E-state index in [0.29, 0.717) is 11.4 Å². The molecule has 0 aromatic carbocycles. The third-order valence-corrected chi connectivity index (χ3v) is 5.03. The lowest BCUT2D eigenvalue weighted by Crippen LogP contribution is -2.44. The first kappa shape index (κ1) is 21.7. The predicted molar refractivity (Wildman–Crippen MR) is 119 cm³/mol. The first-order chi connectivity index (χ1) is 16.3. The molecule has 4 aromatic heterocycles. The molecular formula is C22H13N9O3. The average Bonchev–Trinajstić information content (AvgIpc) is 3.31. The minimum absolute atomic E-state index is 0.00443. The summed E-state index contributed by atoms with van der Waals surface area (Å²) in [6.45, 7) is 3.17. The lowest BCUT2D eigenvalue weighted by Gasteiger charge is -1.98. The van der Waals surface area contributed by atoms with Crippen molar-refractivity contribution >= 4 is 23.4 Å². The SMILES string of the molecule is Cc1nn2c(=O)/c(=C/C=CC=Cc3c(C#N)nc4c(C#N)c(C)[nH]n4c3=O)c(=O)[nH]c2c1C#N. The summed E-state index contributed by atoms with van der Waals surface area (Å²) in [5.74, 6) is 0. The summed E-state index contributed by atoms with van der Waals surface area (Å²) in [7, 11) is 0. The molecule has 12 nitrogen and oxygen atoms in total. The highest BCUT2D eigenvalue weighted by Gasteiger charge is 2.16. The van der Waals surface area contributed by atoms with E-state index in [-0.39, 0.29) is 38.9 Å². The molecule has 164 valence electrons. The van der Waals surface area contributed by atoms with Crippen LogP contribution in [0.1, 0.15) is 33.8 Å². The number of nitriles is 3. The normalized spacial score (nSPS) is 12.0. The van der Waals surface area contributed by atoms with Gasteiger partial charge in [0.1, 0.15) is 34.6 Å². The topological polar surface area (TPSA) is 189 Å². The van der Waals surface area contributed by atoms with Gasteiger partial charge < -0.3 is 4.98 Å². The van der Waals surface area contributed by atoms with Crippen molar-refractivity contribution in [2.45, 2.75) is 13.8 Å². The Labute approximate surface area is 189 Å². The lowest BCUT2D eigenvalue weighted by atomic mass is 10.2. The quantitative estimate of drug-likeness (QED) is 0.398. The first-order valence-electron chi connectivity index (χ1n) is 9.68. The number of aromatic nitrogens is 6. The summed E-state index contributed by atoms with van der Waals surface area (Å²) >= 11 is 0. The Balaban J connectivity index is 1.74. The molecule has 4 aromatic rings. The molecule has 34 heavy (non-hydrogen) atoms. The summed E-state index contributed by atoms with van der Waals surface area (Å²) in [4.78, 5) is 44.3. The van der Waals surface area contributed by atoms with Crippen LogP contribution in [0.2, 0.25) is 0 Å². The van der Waals surface area contributed by atoms with Crippen molar-refractivity contribution in [3.63, 3.8) is 0 Å². The van der Waals surface area contributed by atoms with Gasteiger partial charge in [-0.2, -0.15) is 29.9 Å². The number of nitrogens with zero attached hydrogens (tertiary/aromatic N) is 7. The van der Waals surface area contributed by atoms with E-state index in [0.717, 1.165) is 9.03 Å². The number of H-pyrrole nitrogens is 2. The number of aromatic amines is 2. The number of nitrogens with one attached hydrogen (secondary N) is 2. The number of aryl methyl sites for hydroxylation is 2. The molecule has 4 rings (SSSR count). The van der Waals surface area contributed by atoms with E-state index < -0.39 is 16.7 Å². The first-order valence-corrected chi connectivity index (χ1v) is 9.68. The molecule has 0 aliphatic rings. The van der Waals surface area contributed by atoms with E-state index in [1.807, 2.05) is 18.2 Å². The maximum absolute atomic E-state index is 12.8. The van der Waals surface area contributed by atoms with E-state index >= 15 is 0 Å². The lowest BCUT2D eigenvalue weighted by molar-refractivity contribution is 0.863. The molecule has 0 saturated heterocycles. The monoisotopic (exact) mass is 451 g/mol. The Kier molecular flexibility index (Phi) is 5.22. The van der Waals surface area contributed by atoms with Gasteiger partial charge in [-0.25, -0.2) is 4.98 Å². The second-order valence-electron chi connectivity index (χ2n) is 7.09. The van der Waals surface area contributed by atoms with E-state index in [2.05, 4.69) is 20.2 Å². The maximum atomic E-state index is 12.8. The van der Waals surface area contributed by atoms with E-state index in [1.54, 1.807) is 13.8 Å². The second-order valence-corrected chi connectivity index (χ2v) is 7.09. The van der Waals surface area contributed by atoms with Crippen molar-refractivity contribution in [3.05, 3.63) is 88.3 Å². The van der Waals surface area contributed by atoms with Crippen LogP contribution in [0.4, 0.5) is 0 Å². The van der Waals surface area contributed by atoms with Crippen LogP contribution in [0.15, 0.2) is 32.6 Å². The number of rotatable bonds is 3. The van der Waals surface area contributed by atoms with Gasteiger partial charge in [0.2, 0.25) is 0 Å². The van der Waals surface area contributed by atoms with Crippen LogP contribution in [-0.4, -0.2) is 29.2 Å². The van der Waals surface area contributed by atoms with Crippen molar-refractivity contribution < 1.29 is 0 Å². The molecule has 12 heteroatoms. The van der Waals surface area contributed by atoms with Gasteiger partial charge in [-0.1, -0.05) is 18.2 Å². The molecular weight excluding hydrogens is 438 g/mol. The van der Waals surface area contributed by atoms with Crippen molar-refractivity contribution in [2.24, 2.45) is 0 Å². The molecule has 0 spiro atoms. The second kappa shape index (κ2) is 8.19. The summed E-state index contributed by atoms with van der Waals surface area (Å²) in [5, 5.41) is 34.4. The van der Waals surface area contributed by atoms with Gasteiger partial charge >= 0.3 is 0 Å². The summed E-state index contributed by atoms with van der Waals surface area (Å²) in [5.41, 5.74) is -0.958. The Morgan fingerprint density at radius 1 is 0.941 bits per heavy atom. The van der Waals surface area contributed by atoms with Gasteiger partial charge in [0, 0.05) is 0 Å². The van der Waals surface area contributed by atoms with E-state index in [9.17, 15) is 30.2 Å². The Morgan fingerprint density at radius 3 is 2.35 bits per heavy atom. The van der Waals surface area contributed by atoms with Crippen LogP contribution in [0.25, 0.3) is 23.4 Å². The van der Waals surface area contributed by atoms with E-state index in [1.165, 1.54) is 30.4 Å². The van der Waals surface area contributed by atoms with Gasteiger partial charge in [0.15, 0.2) is 17.0 Å². The van der Waals surface area contributed by atoms with Gasteiger partial charge in [-0.3, -0.25) is 19.5 Å². The minimum atomic E-state index is -0.688. The number of fused-ring (bicyclic) bond motifs is 2. The Hall–Kier alpha value is -5.54. The molecule has 0 saturated carbocycles. The zero-order valence-corrected chi connectivity index (χ0v) is 17.7. The Morgan fingerprint density at radius 2 is 1.68 bits per heavy atom. The van der Waals surface area contributed by atoms with Crippen LogP contribution < -0.4 is 21.9 Å². The maximum Gasteiger partial charge on any atom is 0.285 e. The van der Waals surface area contributed by atoms with E-state index in [4.69, 9.17) is 0 Å². The highest BCUT2D eigenvalue weighted by Crippen LogP contribution is 2.13. The smallest absolute Gasteiger partial charge is 0.285 e. The standard InChI is InChI=1S/C22H13N9O3/c1-11-15(8-23)18-26-17(10-25)13(21(33)30(18)28-11)6-4-3-5-7-14-20(32)27-19-16(9-24)12(2)29-31(19)22(14)34/h3-7,28H,1-2H3,(H,27,32)/b5-3?,6-4?,14-7+. The Bertz CT molecular complexity index is 1930. The zero-order valence-electron chi connectivity index (χ0n) is 17.7. The molecule has 2 N–H and O–H groups in total. The molecule has 0 radical (unpaired) electrons. The average molecular weight is 451 g/mol. The van der Waals surface area contributed by atoms with Crippen molar-refractivity contribution in [2.75, 3.05) is 0 Å². The van der Waals surface area contributed by atoms with Crippen LogP contribution in [0.3, 0.4) is 0 Å². The van der Waals surface area contributed by atoms with Gasteiger partial charge in [-0.15, -0.1) is 0 Å². The third kappa shape index (κ3) is 3.27. The highest BCUT2D eigenvalue weighted by atomic mass is 16.2. The number of allylic oxidation sites excluding steroid dienone is 3. The predicted octanol–water partition coefficient (Wildman–Crippen LogP) is -0.280. The summed E-state index contributed by atoms with van der Waals surface area (Å²) in [6.07, 6.45) is 6.91. The third-order valence-electron chi connectivity index (χ3n) is 5.03. The van der Waals surface area contributed by atoms with Gasteiger partial charge in [0.25, 0.3) is 16.7 Å². The van der Waals surface area contributed by atoms with Gasteiger partial charge in [-0.05, 0) is 26.0 Å². The molecule has 0 aliphatic carbocycles. The van der Waals surface area contributed by atoms with Crippen LogP contribution in [-0.2, 0) is 0 Å². The van der Waals surface area contributed by atoms with Gasteiger partial charge in [0.05, 0.1) is 17.0 Å². The molecule has 0 fully saturated rings. The molecule has 0 atom stereocenters. The summed E-state index contributed by atoms with van der Waals surface area (Å²) < 4.78 is 2.05.